The fraction of sp³-hybridized carbons (Fsp3) is 0.417. The smallest absolute Gasteiger partial charge is 0.122 e. The molecule has 0 heterocycles. The Morgan fingerprint density at radius 2 is 1.11 bits per heavy atom. The number of amidine groups is 2. The van der Waals surface area contributed by atoms with Crippen molar-refractivity contribution in [2.45, 2.75) is 51.4 Å². The van der Waals surface area contributed by atoms with E-state index in [-0.39, 0.29) is 11.7 Å². The molecule has 28 heavy (non-hydrogen) atoms. The summed E-state index contributed by atoms with van der Waals surface area (Å²) in [7, 11) is 0. The van der Waals surface area contributed by atoms with Crippen molar-refractivity contribution in [3.8, 4) is 0 Å². The average molecular weight is 377 g/mol. The largest absolute Gasteiger partial charge is 0.384 e. The van der Waals surface area contributed by atoms with Gasteiger partial charge in [-0.1, -0.05) is 67.8 Å². The van der Waals surface area contributed by atoms with Crippen LogP contribution < -0.4 is 11.5 Å². The van der Waals surface area contributed by atoms with Crippen molar-refractivity contribution in [2.24, 2.45) is 23.3 Å². The number of aryl methyl sites for hydroxylation is 2. The van der Waals surface area contributed by atoms with Crippen molar-refractivity contribution in [2.75, 3.05) is 0 Å². The topological polar surface area (TPSA) is 99.7 Å². The Hall–Kier alpha value is -2.62. The van der Waals surface area contributed by atoms with Crippen molar-refractivity contribution in [1.82, 2.24) is 0 Å². The molecule has 1 aliphatic carbocycles. The van der Waals surface area contributed by atoms with Crippen molar-refractivity contribution in [3.63, 3.8) is 0 Å². The van der Waals surface area contributed by atoms with Crippen molar-refractivity contribution in [3.05, 3.63) is 70.8 Å². The molecule has 2 atom stereocenters. The SMILES string of the molecule is N=C(N)c1ccc(CCC2CCCC(CCc3ccc(C(=N)N)cc3)C2)cc1. The van der Waals surface area contributed by atoms with Crippen LogP contribution in [0.1, 0.15) is 60.8 Å². The summed E-state index contributed by atoms with van der Waals surface area (Å²) in [6.45, 7) is 0. The van der Waals surface area contributed by atoms with Crippen LogP contribution in [-0.2, 0) is 12.8 Å². The first kappa shape index (κ1) is 20.1. The van der Waals surface area contributed by atoms with Crippen molar-refractivity contribution in [1.29, 1.82) is 10.8 Å². The summed E-state index contributed by atoms with van der Waals surface area (Å²) >= 11 is 0. The number of rotatable bonds is 8. The van der Waals surface area contributed by atoms with Gasteiger partial charge in [-0.15, -0.1) is 0 Å². The Labute approximate surface area is 168 Å². The van der Waals surface area contributed by atoms with Gasteiger partial charge in [0.25, 0.3) is 0 Å². The van der Waals surface area contributed by atoms with Gasteiger partial charge < -0.3 is 11.5 Å². The maximum absolute atomic E-state index is 7.48. The first-order chi connectivity index (χ1) is 13.5. The molecule has 0 amide bonds. The van der Waals surface area contributed by atoms with Gasteiger partial charge in [-0.2, -0.15) is 0 Å². The number of hydrogen-bond acceptors (Lipinski definition) is 2. The van der Waals surface area contributed by atoms with Gasteiger partial charge in [-0.25, -0.2) is 0 Å². The molecule has 1 aliphatic rings. The van der Waals surface area contributed by atoms with Crippen LogP contribution in [-0.4, -0.2) is 11.7 Å². The highest BCUT2D eigenvalue weighted by atomic mass is 14.7. The lowest BCUT2D eigenvalue weighted by molar-refractivity contribution is 0.244. The number of benzene rings is 2. The number of nitrogen functional groups attached to an aromatic ring is 2. The van der Waals surface area contributed by atoms with Crippen LogP contribution in [0, 0.1) is 22.7 Å². The highest BCUT2D eigenvalue weighted by molar-refractivity contribution is 5.95. The molecule has 0 radical (unpaired) electrons. The second-order valence-electron chi connectivity index (χ2n) is 8.20. The van der Waals surface area contributed by atoms with Crippen LogP contribution in [0.4, 0.5) is 0 Å². The molecule has 3 rings (SSSR count). The minimum atomic E-state index is 0.137. The zero-order chi connectivity index (χ0) is 19.9. The fourth-order valence-corrected chi connectivity index (χ4v) is 4.37. The molecule has 1 fully saturated rings. The molecule has 0 spiro atoms. The summed E-state index contributed by atoms with van der Waals surface area (Å²) in [6, 6.07) is 16.3. The van der Waals surface area contributed by atoms with Crippen molar-refractivity contribution < 1.29 is 0 Å². The molecule has 1 saturated carbocycles. The summed E-state index contributed by atoms with van der Waals surface area (Å²) in [4.78, 5) is 0. The third-order valence-electron chi connectivity index (χ3n) is 6.10. The second kappa shape index (κ2) is 9.54. The molecule has 6 N–H and O–H groups in total. The Morgan fingerprint density at radius 3 is 1.46 bits per heavy atom. The van der Waals surface area contributed by atoms with Gasteiger partial charge in [-0.05, 0) is 55.1 Å². The Bertz CT molecular complexity index is 725. The van der Waals surface area contributed by atoms with Crippen molar-refractivity contribution >= 4 is 11.7 Å². The third kappa shape index (κ3) is 5.69. The maximum atomic E-state index is 7.48. The normalized spacial score (nSPS) is 19.3. The van der Waals surface area contributed by atoms with Gasteiger partial charge in [0.1, 0.15) is 11.7 Å². The monoisotopic (exact) mass is 376 g/mol. The Kier molecular flexibility index (Phi) is 6.85. The zero-order valence-corrected chi connectivity index (χ0v) is 16.6. The standard InChI is InChI=1S/C24H32N4/c25-23(26)21-12-8-17(9-13-21)4-6-19-2-1-3-20(16-19)7-5-18-10-14-22(15-11-18)24(27)28/h8-15,19-20H,1-7,16H2,(H3,25,26)(H3,27,28). The maximum Gasteiger partial charge on any atom is 0.122 e. The quantitative estimate of drug-likeness (QED) is 0.399. The Morgan fingerprint density at radius 1 is 0.714 bits per heavy atom. The summed E-state index contributed by atoms with van der Waals surface area (Å²) in [5.74, 6) is 1.92. The van der Waals surface area contributed by atoms with E-state index in [9.17, 15) is 0 Å². The molecule has 2 aromatic rings. The molecule has 0 aromatic heterocycles. The third-order valence-corrected chi connectivity index (χ3v) is 6.10. The van der Waals surface area contributed by atoms with E-state index >= 15 is 0 Å². The fourth-order valence-electron chi connectivity index (χ4n) is 4.37. The molecular weight excluding hydrogens is 344 g/mol. The average Bonchev–Trinajstić information content (AvgIpc) is 2.71. The molecule has 4 heteroatoms. The lowest BCUT2D eigenvalue weighted by Gasteiger charge is -2.29. The molecule has 0 aliphatic heterocycles. The highest BCUT2D eigenvalue weighted by Crippen LogP contribution is 2.34. The highest BCUT2D eigenvalue weighted by Gasteiger charge is 2.21. The van der Waals surface area contributed by atoms with E-state index in [2.05, 4.69) is 24.3 Å². The molecular formula is C24H32N4. The minimum Gasteiger partial charge on any atom is -0.384 e. The number of hydrogen-bond donors (Lipinski definition) is 4. The molecule has 2 unspecified atom stereocenters. The van der Waals surface area contributed by atoms with E-state index in [1.54, 1.807) is 0 Å². The molecule has 2 aromatic carbocycles. The molecule has 4 nitrogen and oxygen atoms in total. The van der Waals surface area contributed by atoms with Crippen LogP contribution >= 0.6 is 0 Å². The van der Waals surface area contributed by atoms with Crippen LogP contribution in [0.15, 0.2) is 48.5 Å². The molecule has 0 bridgehead atoms. The first-order valence-electron chi connectivity index (χ1n) is 10.4. The van der Waals surface area contributed by atoms with Gasteiger partial charge in [0.15, 0.2) is 0 Å². The van der Waals surface area contributed by atoms with Crippen LogP contribution in [0.2, 0.25) is 0 Å². The summed E-state index contributed by atoms with van der Waals surface area (Å²) in [5.41, 5.74) is 15.4. The molecule has 0 saturated heterocycles. The van der Waals surface area contributed by atoms with Gasteiger partial charge >= 0.3 is 0 Å². The summed E-state index contributed by atoms with van der Waals surface area (Å²) in [6.07, 6.45) is 10.1. The number of nitrogens with one attached hydrogen (secondary N) is 2. The first-order valence-corrected chi connectivity index (χ1v) is 10.4. The number of nitrogens with two attached hydrogens (primary N) is 2. The van der Waals surface area contributed by atoms with Gasteiger partial charge in [-0.3, -0.25) is 10.8 Å². The lowest BCUT2D eigenvalue weighted by atomic mass is 9.77. The predicted molar refractivity (Wildman–Crippen MR) is 117 cm³/mol. The predicted octanol–water partition coefficient (Wildman–Crippen LogP) is 4.63. The van der Waals surface area contributed by atoms with Gasteiger partial charge in [0.2, 0.25) is 0 Å². The summed E-state index contributed by atoms with van der Waals surface area (Å²) < 4.78 is 0. The van der Waals surface area contributed by atoms with E-state index in [0.29, 0.717) is 0 Å². The minimum absolute atomic E-state index is 0.137. The Balaban J connectivity index is 1.44. The zero-order valence-electron chi connectivity index (χ0n) is 16.6. The lowest BCUT2D eigenvalue weighted by Crippen LogP contribution is -2.17. The van der Waals surface area contributed by atoms with E-state index in [4.69, 9.17) is 22.3 Å². The van der Waals surface area contributed by atoms with Crippen LogP contribution in [0.3, 0.4) is 0 Å². The summed E-state index contributed by atoms with van der Waals surface area (Å²) in [5, 5.41) is 15.0. The van der Waals surface area contributed by atoms with E-state index < -0.39 is 0 Å². The van der Waals surface area contributed by atoms with Gasteiger partial charge in [0, 0.05) is 11.1 Å². The van der Waals surface area contributed by atoms with Crippen LogP contribution in [0.5, 0.6) is 0 Å². The van der Waals surface area contributed by atoms with E-state index in [1.165, 1.54) is 49.7 Å². The van der Waals surface area contributed by atoms with E-state index in [0.717, 1.165) is 35.8 Å². The second-order valence-corrected chi connectivity index (χ2v) is 8.20. The van der Waals surface area contributed by atoms with Gasteiger partial charge in [0.05, 0.1) is 0 Å². The van der Waals surface area contributed by atoms with E-state index in [1.807, 2.05) is 24.3 Å². The molecule has 148 valence electrons. The van der Waals surface area contributed by atoms with Crippen LogP contribution in [0.25, 0.3) is 0 Å².